The van der Waals surface area contributed by atoms with Crippen LogP contribution in [0.25, 0.3) is 0 Å². The summed E-state index contributed by atoms with van der Waals surface area (Å²) in [6.45, 7) is 3.51. The van der Waals surface area contributed by atoms with E-state index in [1.54, 1.807) is 0 Å². The van der Waals surface area contributed by atoms with Gasteiger partial charge < -0.3 is 9.64 Å². The number of anilines is 1. The molecule has 2 aromatic carbocycles. The zero-order valence-electron chi connectivity index (χ0n) is 16.7. The average Bonchev–Trinajstić information content (AvgIpc) is 3.39. The van der Waals surface area contributed by atoms with Crippen LogP contribution < -0.4 is 4.90 Å². The molecule has 0 aromatic heterocycles. The van der Waals surface area contributed by atoms with Crippen molar-refractivity contribution < 1.29 is 14.3 Å². The molecule has 3 atom stereocenters. The van der Waals surface area contributed by atoms with Crippen molar-refractivity contribution in [1.82, 2.24) is 4.90 Å². The fraction of sp³-hybridized carbons (Fsp3) is 0.417. The van der Waals surface area contributed by atoms with E-state index in [4.69, 9.17) is 4.74 Å². The highest BCUT2D eigenvalue weighted by atomic mass is 16.5. The van der Waals surface area contributed by atoms with Gasteiger partial charge in [0.25, 0.3) is 5.91 Å². The number of carbonyl (C=O) groups is 2. The summed E-state index contributed by atoms with van der Waals surface area (Å²) in [4.78, 5) is 31.3. The highest BCUT2D eigenvalue weighted by Crippen LogP contribution is 2.57. The van der Waals surface area contributed by atoms with Crippen molar-refractivity contribution in [3.63, 3.8) is 0 Å². The van der Waals surface area contributed by atoms with Gasteiger partial charge in [-0.2, -0.15) is 0 Å². The van der Waals surface area contributed by atoms with Crippen molar-refractivity contribution in [2.75, 3.05) is 18.1 Å². The normalized spacial score (nSPS) is 28.0. The maximum atomic E-state index is 14.1. The molecule has 5 heteroatoms. The molecule has 29 heavy (non-hydrogen) atoms. The molecule has 3 aliphatic heterocycles. The molecule has 2 saturated heterocycles. The van der Waals surface area contributed by atoms with Gasteiger partial charge in [0.05, 0.1) is 19.1 Å². The lowest BCUT2D eigenvalue weighted by atomic mass is 9.79. The quantitative estimate of drug-likeness (QED) is 0.750. The van der Waals surface area contributed by atoms with Gasteiger partial charge in [-0.05, 0) is 44.4 Å². The molecule has 5 rings (SSSR count). The summed E-state index contributed by atoms with van der Waals surface area (Å²) in [5.41, 5.74) is 2.03. The summed E-state index contributed by atoms with van der Waals surface area (Å²) in [7, 11) is 0. The van der Waals surface area contributed by atoms with E-state index >= 15 is 0 Å². The number of hydrogen-bond donors (Lipinski definition) is 0. The molecule has 2 aromatic rings. The van der Waals surface area contributed by atoms with E-state index in [0.29, 0.717) is 19.6 Å². The van der Waals surface area contributed by atoms with Crippen LogP contribution in [0.2, 0.25) is 0 Å². The minimum absolute atomic E-state index is 0.0185. The second-order valence-corrected chi connectivity index (χ2v) is 8.19. The zero-order chi connectivity index (χ0) is 20.0. The van der Waals surface area contributed by atoms with Gasteiger partial charge in [-0.1, -0.05) is 48.5 Å². The summed E-state index contributed by atoms with van der Waals surface area (Å²) >= 11 is 0. The van der Waals surface area contributed by atoms with Gasteiger partial charge in [0, 0.05) is 17.3 Å². The number of esters is 1. The Balaban J connectivity index is 1.64. The minimum atomic E-state index is -0.932. The molecule has 1 amide bonds. The van der Waals surface area contributed by atoms with E-state index in [2.05, 4.69) is 4.90 Å². The Morgan fingerprint density at radius 3 is 2.69 bits per heavy atom. The van der Waals surface area contributed by atoms with Crippen molar-refractivity contribution in [1.29, 1.82) is 0 Å². The van der Waals surface area contributed by atoms with Crippen LogP contribution in [-0.2, 0) is 26.4 Å². The number of hydrogen-bond acceptors (Lipinski definition) is 4. The van der Waals surface area contributed by atoms with Crippen molar-refractivity contribution in [3.8, 4) is 0 Å². The molecule has 0 N–H and O–H groups in total. The standard InChI is InChI=1S/C24H26N2O3/c1-2-29-22(27)20-15-18-11-8-14-26(18)24(20)19-12-6-7-13-21(19)25(23(24)28)16-17-9-4-3-5-10-17/h3-7,9-10,12-13,18,20H,2,8,11,14-16H2,1H3/t18-,20+,24+/m0/s1. The number of rotatable bonds is 4. The lowest BCUT2D eigenvalue weighted by Gasteiger charge is -2.37. The minimum Gasteiger partial charge on any atom is -0.466 e. The number of para-hydroxylation sites is 1. The predicted octanol–water partition coefficient (Wildman–Crippen LogP) is 3.48. The molecule has 0 unspecified atom stereocenters. The van der Waals surface area contributed by atoms with Crippen LogP contribution in [0.4, 0.5) is 5.69 Å². The molecule has 2 fully saturated rings. The zero-order valence-corrected chi connectivity index (χ0v) is 16.7. The van der Waals surface area contributed by atoms with Gasteiger partial charge in [0.15, 0.2) is 0 Å². The van der Waals surface area contributed by atoms with E-state index in [1.807, 2.05) is 66.4 Å². The summed E-state index contributed by atoms with van der Waals surface area (Å²) in [5, 5.41) is 0. The Morgan fingerprint density at radius 2 is 1.90 bits per heavy atom. The summed E-state index contributed by atoms with van der Waals surface area (Å²) in [5.74, 6) is -0.682. The highest BCUT2D eigenvalue weighted by molar-refractivity contribution is 6.10. The predicted molar refractivity (Wildman–Crippen MR) is 110 cm³/mol. The Bertz CT molecular complexity index is 944. The molecular weight excluding hydrogens is 364 g/mol. The Morgan fingerprint density at radius 1 is 1.14 bits per heavy atom. The second-order valence-electron chi connectivity index (χ2n) is 8.19. The maximum Gasteiger partial charge on any atom is 0.311 e. The largest absolute Gasteiger partial charge is 0.466 e. The first-order valence-corrected chi connectivity index (χ1v) is 10.6. The average molecular weight is 390 g/mol. The monoisotopic (exact) mass is 390 g/mol. The Kier molecular flexibility index (Phi) is 4.43. The SMILES string of the molecule is CCOC(=O)[C@H]1C[C@@H]2CCCN2[C@@]12C(=O)N(Cc1ccccc1)c1ccccc12. The van der Waals surface area contributed by atoms with Crippen molar-refractivity contribution in [3.05, 3.63) is 65.7 Å². The van der Waals surface area contributed by atoms with Crippen LogP contribution in [0.3, 0.4) is 0 Å². The van der Waals surface area contributed by atoms with Gasteiger partial charge in [0.2, 0.25) is 0 Å². The second kappa shape index (κ2) is 6.99. The first kappa shape index (κ1) is 18.4. The van der Waals surface area contributed by atoms with Crippen LogP contribution in [0, 0.1) is 5.92 Å². The lowest BCUT2D eigenvalue weighted by Crippen LogP contribution is -2.54. The van der Waals surface area contributed by atoms with Crippen LogP contribution in [0.1, 0.15) is 37.3 Å². The van der Waals surface area contributed by atoms with Crippen LogP contribution in [0.15, 0.2) is 54.6 Å². The molecular formula is C24H26N2O3. The topological polar surface area (TPSA) is 49.9 Å². The van der Waals surface area contributed by atoms with Gasteiger partial charge in [0.1, 0.15) is 5.54 Å². The molecule has 0 bridgehead atoms. The third-order valence-electron chi connectivity index (χ3n) is 6.77. The smallest absolute Gasteiger partial charge is 0.311 e. The third kappa shape index (κ3) is 2.57. The van der Waals surface area contributed by atoms with E-state index in [0.717, 1.165) is 36.2 Å². The molecule has 0 saturated carbocycles. The fourth-order valence-electron chi connectivity index (χ4n) is 5.70. The summed E-state index contributed by atoms with van der Waals surface area (Å²) in [6, 6.07) is 18.3. The van der Waals surface area contributed by atoms with E-state index in [-0.39, 0.29) is 17.9 Å². The summed E-state index contributed by atoms with van der Waals surface area (Å²) in [6.07, 6.45) is 2.79. The van der Waals surface area contributed by atoms with Crippen molar-refractivity contribution in [2.24, 2.45) is 5.92 Å². The maximum absolute atomic E-state index is 14.1. The van der Waals surface area contributed by atoms with Gasteiger partial charge in [-0.15, -0.1) is 0 Å². The molecule has 3 heterocycles. The highest BCUT2D eigenvalue weighted by Gasteiger charge is 2.67. The molecule has 1 spiro atoms. The van der Waals surface area contributed by atoms with E-state index < -0.39 is 11.5 Å². The Hall–Kier alpha value is -2.66. The number of nitrogens with zero attached hydrogens (tertiary/aromatic N) is 2. The molecule has 5 nitrogen and oxygen atoms in total. The van der Waals surface area contributed by atoms with Gasteiger partial charge in [-0.3, -0.25) is 14.5 Å². The molecule has 150 valence electrons. The van der Waals surface area contributed by atoms with E-state index in [1.165, 1.54) is 0 Å². The number of benzene rings is 2. The number of amides is 1. The van der Waals surface area contributed by atoms with E-state index in [9.17, 15) is 9.59 Å². The number of fused-ring (bicyclic) bond motifs is 4. The van der Waals surface area contributed by atoms with Crippen molar-refractivity contribution >= 4 is 17.6 Å². The number of ether oxygens (including phenoxy) is 1. The first-order valence-electron chi connectivity index (χ1n) is 10.6. The fourth-order valence-corrected chi connectivity index (χ4v) is 5.70. The van der Waals surface area contributed by atoms with Gasteiger partial charge in [-0.25, -0.2) is 0 Å². The Labute approximate surface area is 171 Å². The van der Waals surface area contributed by atoms with Crippen LogP contribution >= 0.6 is 0 Å². The van der Waals surface area contributed by atoms with Crippen LogP contribution in [-0.4, -0.2) is 36.0 Å². The molecule has 0 radical (unpaired) electrons. The number of carbonyl (C=O) groups excluding carboxylic acids is 2. The van der Waals surface area contributed by atoms with Crippen molar-refractivity contribution in [2.45, 2.75) is 44.3 Å². The summed E-state index contributed by atoms with van der Waals surface area (Å²) < 4.78 is 5.46. The van der Waals surface area contributed by atoms with Gasteiger partial charge >= 0.3 is 5.97 Å². The third-order valence-corrected chi connectivity index (χ3v) is 6.77. The lowest BCUT2D eigenvalue weighted by molar-refractivity contribution is -0.155. The first-order chi connectivity index (χ1) is 14.2. The molecule has 3 aliphatic rings. The molecule has 0 aliphatic carbocycles. The van der Waals surface area contributed by atoms with Crippen LogP contribution in [0.5, 0.6) is 0 Å².